The Morgan fingerprint density at radius 3 is 2.04 bits per heavy atom. The second kappa shape index (κ2) is 7.75. The Balaban J connectivity index is 1.56. The van der Waals surface area contributed by atoms with E-state index in [1.165, 1.54) is 0 Å². The zero-order valence-electron chi connectivity index (χ0n) is 13.7. The molecular formula is C20H20N4. The highest BCUT2D eigenvalue weighted by molar-refractivity contribution is 5.51. The van der Waals surface area contributed by atoms with Crippen LogP contribution < -0.4 is 0 Å². The van der Waals surface area contributed by atoms with Crippen molar-refractivity contribution in [1.82, 2.24) is 9.80 Å². The largest absolute Gasteiger partial charge is 0.298 e. The minimum absolute atomic E-state index is 0.753. The fraction of sp³-hybridized carbons (Fsp3) is 0.300. The fourth-order valence-electron chi connectivity index (χ4n) is 3.11. The van der Waals surface area contributed by atoms with E-state index in [0.29, 0.717) is 0 Å². The van der Waals surface area contributed by atoms with E-state index >= 15 is 0 Å². The Labute approximate surface area is 143 Å². The lowest BCUT2D eigenvalue weighted by molar-refractivity contribution is 0.122. The van der Waals surface area contributed by atoms with Gasteiger partial charge in [0.15, 0.2) is 5.69 Å². The molecule has 24 heavy (non-hydrogen) atoms. The van der Waals surface area contributed by atoms with E-state index in [1.54, 1.807) is 0 Å². The monoisotopic (exact) mass is 316 g/mol. The number of para-hydroxylation sites is 1. The molecular weight excluding hydrogens is 296 g/mol. The third-order valence-electron chi connectivity index (χ3n) is 4.50. The molecule has 0 atom stereocenters. The van der Waals surface area contributed by atoms with Crippen molar-refractivity contribution in [2.75, 3.05) is 26.2 Å². The van der Waals surface area contributed by atoms with E-state index in [0.717, 1.165) is 61.6 Å². The van der Waals surface area contributed by atoms with Gasteiger partial charge in [0, 0.05) is 39.3 Å². The van der Waals surface area contributed by atoms with Gasteiger partial charge in [0.05, 0.1) is 18.2 Å². The first-order valence-electron chi connectivity index (χ1n) is 8.18. The van der Waals surface area contributed by atoms with Gasteiger partial charge < -0.3 is 0 Å². The highest BCUT2D eigenvalue weighted by Crippen LogP contribution is 2.21. The van der Waals surface area contributed by atoms with Crippen molar-refractivity contribution in [1.29, 1.82) is 5.26 Å². The van der Waals surface area contributed by atoms with E-state index in [1.807, 2.05) is 48.5 Å². The minimum Gasteiger partial charge on any atom is -0.298 e. The van der Waals surface area contributed by atoms with Gasteiger partial charge in [-0.1, -0.05) is 42.5 Å². The summed E-state index contributed by atoms with van der Waals surface area (Å²) in [7, 11) is 0. The highest BCUT2D eigenvalue weighted by Gasteiger charge is 2.18. The summed E-state index contributed by atoms with van der Waals surface area (Å²) in [5.41, 5.74) is 3.73. The Morgan fingerprint density at radius 1 is 0.875 bits per heavy atom. The van der Waals surface area contributed by atoms with Crippen LogP contribution in [0, 0.1) is 17.9 Å². The molecule has 0 bridgehead atoms. The Hall–Kier alpha value is -2.66. The smallest absolute Gasteiger partial charge is 0.191 e. The third kappa shape index (κ3) is 3.81. The number of nitrogens with zero attached hydrogens (tertiary/aromatic N) is 4. The fourth-order valence-corrected chi connectivity index (χ4v) is 3.11. The molecule has 0 aliphatic carbocycles. The molecule has 3 rings (SSSR count). The summed E-state index contributed by atoms with van der Waals surface area (Å²) in [6.07, 6.45) is 0. The molecule has 1 aliphatic heterocycles. The van der Waals surface area contributed by atoms with Gasteiger partial charge in [-0.25, -0.2) is 4.85 Å². The van der Waals surface area contributed by atoms with Crippen molar-refractivity contribution in [3.63, 3.8) is 0 Å². The Kier molecular flexibility index (Phi) is 5.23. The molecule has 0 spiro atoms. The van der Waals surface area contributed by atoms with Crippen molar-refractivity contribution in [2.45, 2.75) is 13.1 Å². The van der Waals surface area contributed by atoms with Crippen molar-refractivity contribution in [3.8, 4) is 6.07 Å². The molecule has 1 aliphatic rings. The van der Waals surface area contributed by atoms with Crippen LogP contribution in [0.4, 0.5) is 5.69 Å². The van der Waals surface area contributed by atoms with Crippen LogP contribution in [0.25, 0.3) is 4.85 Å². The molecule has 2 aromatic rings. The topological polar surface area (TPSA) is 34.6 Å². The van der Waals surface area contributed by atoms with E-state index < -0.39 is 0 Å². The van der Waals surface area contributed by atoms with Crippen LogP contribution in [0.15, 0.2) is 48.5 Å². The average molecular weight is 316 g/mol. The van der Waals surface area contributed by atoms with Crippen molar-refractivity contribution >= 4 is 5.69 Å². The molecule has 0 N–H and O–H groups in total. The average Bonchev–Trinajstić information content (AvgIpc) is 2.64. The van der Waals surface area contributed by atoms with Gasteiger partial charge in [0.1, 0.15) is 0 Å². The normalized spacial score (nSPS) is 15.6. The maximum Gasteiger partial charge on any atom is 0.191 e. The van der Waals surface area contributed by atoms with E-state index in [-0.39, 0.29) is 0 Å². The lowest BCUT2D eigenvalue weighted by atomic mass is 10.1. The predicted octanol–water partition coefficient (Wildman–Crippen LogP) is 3.43. The lowest BCUT2D eigenvalue weighted by Gasteiger charge is -2.35. The maximum absolute atomic E-state index is 9.20. The van der Waals surface area contributed by atoms with Crippen molar-refractivity contribution in [2.24, 2.45) is 0 Å². The molecule has 0 aromatic heterocycles. The van der Waals surface area contributed by atoms with Gasteiger partial charge in [-0.15, -0.1) is 0 Å². The predicted molar refractivity (Wildman–Crippen MR) is 94.4 cm³/mol. The van der Waals surface area contributed by atoms with Crippen LogP contribution in [0.2, 0.25) is 0 Å². The van der Waals surface area contributed by atoms with Crippen LogP contribution in [-0.4, -0.2) is 36.0 Å². The van der Waals surface area contributed by atoms with Crippen LogP contribution in [0.1, 0.15) is 16.7 Å². The van der Waals surface area contributed by atoms with Crippen molar-refractivity contribution in [3.05, 3.63) is 76.6 Å². The SMILES string of the molecule is [C-]#[N+]c1ccccc1CN1CCN(Cc2ccccc2C#N)CC1. The number of nitriles is 1. The number of hydrogen-bond acceptors (Lipinski definition) is 3. The summed E-state index contributed by atoms with van der Waals surface area (Å²) < 4.78 is 0. The molecule has 0 unspecified atom stereocenters. The minimum atomic E-state index is 0.753. The summed E-state index contributed by atoms with van der Waals surface area (Å²) in [5.74, 6) is 0. The molecule has 0 amide bonds. The second-order valence-electron chi connectivity index (χ2n) is 6.06. The molecule has 4 heteroatoms. The summed E-state index contributed by atoms with van der Waals surface area (Å²) >= 11 is 0. The molecule has 1 saturated heterocycles. The van der Waals surface area contributed by atoms with Crippen LogP contribution in [-0.2, 0) is 13.1 Å². The number of benzene rings is 2. The van der Waals surface area contributed by atoms with E-state index in [4.69, 9.17) is 6.57 Å². The summed E-state index contributed by atoms with van der Waals surface area (Å²) in [6, 6.07) is 17.9. The van der Waals surface area contributed by atoms with Crippen LogP contribution in [0.3, 0.4) is 0 Å². The van der Waals surface area contributed by atoms with Crippen molar-refractivity contribution < 1.29 is 0 Å². The molecule has 0 radical (unpaired) electrons. The molecule has 120 valence electrons. The zero-order chi connectivity index (χ0) is 16.8. The van der Waals surface area contributed by atoms with Crippen LogP contribution >= 0.6 is 0 Å². The summed E-state index contributed by atoms with van der Waals surface area (Å²) in [5, 5.41) is 9.20. The van der Waals surface area contributed by atoms with Gasteiger partial charge >= 0.3 is 0 Å². The lowest BCUT2D eigenvalue weighted by Crippen LogP contribution is -2.45. The van der Waals surface area contributed by atoms with E-state index in [9.17, 15) is 5.26 Å². The summed E-state index contributed by atoms with van der Waals surface area (Å²) in [4.78, 5) is 8.40. The van der Waals surface area contributed by atoms with Crippen LogP contribution in [0.5, 0.6) is 0 Å². The Bertz CT molecular complexity index is 709. The maximum atomic E-state index is 9.20. The van der Waals surface area contributed by atoms with Gasteiger partial charge in [0.25, 0.3) is 0 Å². The number of piperazine rings is 1. The molecule has 0 saturated carbocycles. The van der Waals surface area contributed by atoms with E-state index in [2.05, 4.69) is 20.7 Å². The second-order valence-corrected chi connectivity index (χ2v) is 6.06. The Morgan fingerprint density at radius 2 is 1.42 bits per heavy atom. The number of hydrogen-bond donors (Lipinski definition) is 0. The number of rotatable bonds is 4. The molecule has 4 nitrogen and oxygen atoms in total. The van der Waals surface area contributed by atoms with Gasteiger partial charge in [-0.05, 0) is 17.2 Å². The first kappa shape index (κ1) is 16.2. The quantitative estimate of drug-likeness (QED) is 0.811. The molecule has 2 aromatic carbocycles. The zero-order valence-corrected chi connectivity index (χ0v) is 13.7. The first-order chi connectivity index (χ1) is 11.8. The van der Waals surface area contributed by atoms with Gasteiger partial charge in [-0.3, -0.25) is 9.80 Å². The van der Waals surface area contributed by atoms with Gasteiger partial charge in [0.2, 0.25) is 0 Å². The molecule has 1 fully saturated rings. The highest BCUT2D eigenvalue weighted by atomic mass is 15.3. The summed E-state index contributed by atoms with van der Waals surface area (Å²) in [6.45, 7) is 12.9. The third-order valence-corrected chi connectivity index (χ3v) is 4.50. The standard InChI is InChI=1S/C20H20N4/c1-22-20-9-5-4-8-19(20)16-24-12-10-23(11-13-24)15-18-7-3-2-6-17(18)14-21/h2-9H,10-13,15-16H2. The first-order valence-corrected chi connectivity index (χ1v) is 8.18. The molecule has 1 heterocycles. The van der Waals surface area contributed by atoms with Gasteiger partial charge in [-0.2, -0.15) is 5.26 Å².